The van der Waals surface area contributed by atoms with Crippen LogP contribution in [-0.2, 0) is 3.74 Å². The first kappa shape index (κ1) is 14.7. The monoisotopic (exact) mass is 243 g/mol. The fourth-order valence-electron chi connectivity index (χ4n) is 0.671. The van der Waals surface area contributed by atoms with Crippen LogP contribution >= 0.6 is 0 Å². The van der Waals surface area contributed by atoms with E-state index in [0.717, 1.165) is 0 Å². The molecule has 0 aliphatic rings. The van der Waals surface area contributed by atoms with Crippen LogP contribution in [0, 0.1) is 0 Å². The van der Waals surface area contributed by atoms with Crippen molar-refractivity contribution in [1.82, 2.24) is 4.90 Å². The standard InChI is InChI=1S/C6H15N.AsH3O4/c1-4-7(5-2)6-3;2-1(3,4)5/h4-6H2,1-3H3;(H3,2,3,4,5). The molecule has 0 saturated heterocycles. The van der Waals surface area contributed by atoms with Crippen molar-refractivity contribution in [3.8, 4) is 0 Å². The minimum absolute atomic E-state index is 1.19. The summed E-state index contributed by atoms with van der Waals surface area (Å²) in [6.07, 6.45) is 0. The van der Waals surface area contributed by atoms with Gasteiger partial charge in [-0.15, -0.1) is 0 Å². The average Bonchev–Trinajstić information content (AvgIpc) is 1.88. The molecule has 0 atom stereocenters. The van der Waals surface area contributed by atoms with Gasteiger partial charge in [-0.3, -0.25) is 0 Å². The van der Waals surface area contributed by atoms with E-state index in [0.29, 0.717) is 0 Å². The molecule has 0 saturated carbocycles. The maximum absolute atomic E-state index is 8.94. The van der Waals surface area contributed by atoms with Crippen molar-refractivity contribution in [3.63, 3.8) is 0 Å². The van der Waals surface area contributed by atoms with Crippen molar-refractivity contribution in [2.24, 2.45) is 0 Å². The molecule has 0 fully saturated rings. The molecule has 0 bridgehead atoms. The SMILES string of the molecule is CCN(CC)CC.O=[As](O)(O)O. The van der Waals surface area contributed by atoms with Crippen molar-refractivity contribution < 1.29 is 16.0 Å². The van der Waals surface area contributed by atoms with Gasteiger partial charge >= 0.3 is 30.5 Å². The normalized spacial score (nSPS) is 10.9. The van der Waals surface area contributed by atoms with E-state index in [-0.39, 0.29) is 0 Å². The molecule has 6 heteroatoms. The molecule has 0 aromatic carbocycles. The number of hydrogen-bond acceptors (Lipinski definition) is 2. The number of rotatable bonds is 3. The first-order valence-corrected chi connectivity index (χ1v) is 7.14. The first-order valence-electron chi connectivity index (χ1n) is 3.85. The third kappa shape index (κ3) is 22.5. The van der Waals surface area contributed by atoms with Gasteiger partial charge < -0.3 is 4.90 Å². The van der Waals surface area contributed by atoms with Gasteiger partial charge in [0.15, 0.2) is 0 Å². The summed E-state index contributed by atoms with van der Waals surface area (Å²) in [6.45, 7) is 10.1. The van der Waals surface area contributed by atoms with Gasteiger partial charge in [-0.05, 0) is 19.6 Å². The zero-order chi connectivity index (χ0) is 10.2. The van der Waals surface area contributed by atoms with E-state index in [9.17, 15) is 0 Å². The molecule has 0 radical (unpaired) electrons. The first-order chi connectivity index (χ1) is 5.35. The van der Waals surface area contributed by atoms with Crippen LogP contribution in [0.1, 0.15) is 20.8 Å². The van der Waals surface area contributed by atoms with Crippen LogP contribution in [0.3, 0.4) is 0 Å². The van der Waals surface area contributed by atoms with E-state index in [2.05, 4.69) is 25.7 Å². The molecule has 0 aromatic heterocycles. The summed E-state index contributed by atoms with van der Waals surface area (Å²) in [4.78, 5) is 2.38. The Balaban J connectivity index is 0. The van der Waals surface area contributed by atoms with Gasteiger partial charge in [0.25, 0.3) is 0 Å². The van der Waals surface area contributed by atoms with Gasteiger partial charge in [0.1, 0.15) is 0 Å². The zero-order valence-electron chi connectivity index (χ0n) is 7.77. The third-order valence-electron chi connectivity index (χ3n) is 1.34. The summed E-state index contributed by atoms with van der Waals surface area (Å²) in [5, 5.41) is 0. The van der Waals surface area contributed by atoms with E-state index < -0.39 is 14.5 Å². The van der Waals surface area contributed by atoms with Crippen LogP contribution in [0.4, 0.5) is 0 Å². The molecule has 0 amide bonds. The van der Waals surface area contributed by atoms with E-state index >= 15 is 0 Å². The molecular formula is C6H18AsNO4. The summed E-state index contributed by atoms with van der Waals surface area (Å²) in [5.41, 5.74) is 0. The van der Waals surface area contributed by atoms with Gasteiger partial charge in [-0.2, -0.15) is 0 Å². The molecule has 0 aromatic rings. The maximum atomic E-state index is 8.94. The van der Waals surface area contributed by atoms with E-state index in [4.69, 9.17) is 16.0 Å². The second kappa shape index (κ2) is 7.83. The minimum atomic E-state index is -5.12. The van der Waals surface area contributed by atoms with Crippen LogP contribution in [0.5, 0.6) is 0 Å². The van der Waals surface area contributed by atoms with Crippen molar-refractivity contribution in [2.75, 3.05) is 19.6 Å². The van der Waals surface area contributed by atoms with Gasteiger partial charge in [0, 0.05) is 0 Å². The predicted molar refractivity (Wildman–Crippen MR) is 46.6 cm³/mol. The predicted octanol–water partition coefficient (Wildman–Crippen LogP) is -0.822. The molecule has 12 heavy (non-hydrogen) atoms. The van der Waals surface area contributed by atoms with Gasteiger partial charge in [0.2, 0.25) is 0 Å². The van der Waals surface area contributed by atoms with Crippen LogP contribution in [0.25, 0.3) is 0 Å². The Hall–Kier alpha value is 0.198. The van der Waals surface area contributed by atoms with Crippen molar-refractivity contribution >= 4 is 14.5 Å². The van der Waals surface area contributed by atoms with Crippen LogP contribution in [-0.4, -0.2) is 51.3 Å². The summed E-state index contributed by atoms with van der Waals surface area (Å²) < 4.78 is 30.7. The van der Waals surface area contributed by atoms with Crippen LogP contribution < -0.4 is 0 Å². The summed E-state index contributed by atoms with van der Waals surface area (Å²) in [7, 11) is 0. The molecule has 0 heterocycles. The molecule has 0 rings (SSSR count). The van der Waals surface area contributed by atoms with Gasteiger partial charge in [-0.25, -0.2) is 0 Å². The third-order valence-corrected chi connectivity index (χ3v) is 1.34. The number of hydrogen-bond donors (Lipinski definition) is 3. The Kier molecular flexibility index (Phi) is 9.59. The molecule has 0 spiro atoms. The van der Waals surface area contributed by atoms with Crippen LogP contribution in [0.2, 0.25) is 0 Å². The summed E-state index contributed by atoms with van der Waals surface area (Å²) >= 11 is -5.12. The second-order valence-corrected chi connectivity index (χ2v) is 4.29. The zero-order valence-corrected chi connectivity index (χ0v) is 9.64. The Morgan fingerprint density at radius 3 is 1.17 bits per heavy atom. The van der Waals surface area contributed by atoms with Crippen molar-refractivity contribution in [2.45, 2.75) is 20.8 Å². The summed E-state index contributed by atoms with van der Waals surface area (Å²) in [6, 6.07) is 0. The molecule has 5 nitrogen and oxygen atoms in total. The molecular weight excluding hydrogens is 225 g/mol. The quantitative estimate of drug-likeness (QED) is 0.564. The molecule has 0 aliphatic carbocycles. The van der Waals surface area contributed by atoms with Crippen molar-refractivity contribution in [1.29, 1.82) is 0 Å². The van der Waals surface area contributed by atoms with E-state index in [1.165, 1.54) is 19.6 Å². The Morgan fingerprint density at radius 1 is 1.00 bits per heavy atom. The van der Waals surface area contributed by atoms with Gasteiger partial charge in [0.05, 0.1) is 0 Å². The average molecular weight is 243 g/mol. The van der Waals surface area contributed by atoms with Gasteiger partial charge in [-0.1, -0.05) is 20.8 Å². The van der Waals surface area contributed by atoms with Crippen LogP contribution in [0.15, 0.2) is 0 Å². The molecule has 76 valence electrons. The fraction of sp³-hybridized carbons (Fsp3) is 1.00. The molecule has 3 N–H and O–H groups in total. The topological polar surface area (TPSA) is 81.0 Å². The summed E-state index contributed by atoms with van der Waals surface area (Å²) in [5.74, 6) is 0. The number of nitrogens with zero attached hydrogens (tertiary/aromatic N) is 1. The Morgan fingerprint density at radius 2 is 1.17 bits per heavy atom. The Bertz CT molecular complexity index is 118. The van der Waals surface area contributed by atoms with E-state index in [1.54, 1.807) is 0 Å². The second-order valence-electron chi connectivity index (χ2n) is 2.13. The molecule has 0 aliphatic heterocycles. The van der Waals surface area contributed by atoms with Crippen molar-refractivity contribution in [3.05, 3.63) is 0 Å². The fourth-order valence-corrected chi connectivity index (χ4v) is 0.671. The van der Waals surface area contributed by atoms with E-state index in [1.807, 2.05) is 0 Å². The Labute approximate surface area is 76.4 Å². The molecule has 0 unspecified atom stereocenters.